The van der Waals surface area contributed by atoms with Crippen LogP contribution >= 0.6 is 24.0 Å². The minimum Gasteiger partial charge on any atom is -0.554 e. The first-order valence-corrected chi connectivity index (χ1v) is 2.43. The molecular weight excluding hydrogens is 292 g/mol. The van der Waals surface area contributed by atoms with Crippen LogP contribution in [0.4, 0.5) is 0 Å². The van der Waals surface area contributed by atoms with Gasteiger partial charge < -0.3 is 4.74 Å². The molecule has 0 atom stereocenters. The third-order valence-corrected chi connectivity index (χ3v) is 0.914. The Morgan fingerprint density at radius 1 is 1.50 bits per heavy atom. The summed E-state index contributed by atoms with van der Waals surface area (Å²) in [5, 5.41) is 0. The fraction of sp³-hybridized carbons (Fsp3) is 0.143. The van der Waals surface area contributed by atoms with Crippen molar-refractivity contribution >= 4 is 24.0 Å². The van der Waals surface area contributed by atoms with E-state index in [0.29, 0.717) is 0 Å². The van der Waals surface area contributed by atoms with Crippen LogP contribution in [-0.4, -0.2) is 7.11 Å². The quantitative estimate of drug-likeness (QED) is 0.438. The van der Waals surface area contributed by atoms with Gasteiger partial charge in [-0.05, 0) is 0 Å². The van der Waals surface area contributed by atoms with Gasteiger partial charge in [-0.15, -0.1) is 36.1 Å². The number of halogens is 1. The average Bonchev–Trinajstić information content (AvgIpc) is 1.90. The van der Waals surface area contributed by atoms with E-state index in [1.54, 1.807) is 13.2 Å². The standard InChI is InChI=1S/C7H7O.HI.Zn/c1-8-7-5-3-2-4-6-7;;/h2-3,5-6H,1H3;1H;/q-1;;. The maximum Gasteiger partial charge on any atom is 0.0606 e. The van der Waals surface area contributed by atoms with Crippen LogP contribution in [0.1, 0.15) is 0 Å². The molecule has 0 spiro atoms. The molecule has 10 heavy (non-hydrogen) atoms. The van der Waals surface area contributed by atoms with Crippen molar-refractivity contribution in [3.8, 4) is 5.75 Å². The molecule has 0 amide bonds. The molecule has 0 N–H and O–H groups in total. The second-order valence-electron chi connectivity index (χ2n) is 1.44. The van der Waals surface area contributed by atoms with Crippen LogP contribution in [0.25, 0.3) is 0 Å². The predicted octanol–water partition coefficient (Wildman–Crippen LogP) is 2.11. The minimum absolute atomic E-state index is 0. The van der Waals surface area contributed by atoms with E-state index in [9.17, 15) is 0 Å². The fourth-order valence-corrected chi connectivity index (χ4v) is 0.504. The normalized spacial score (nSPS) is 6.90. The summed E-state index contributed by atoms with van der Waals surface area (Å²) in [4.78, 5) is 0. The zero-order chi connectivity index (χ0) is 5.82. The SMILES string of the molecule is COc1c[c-]ccc1.I.[Zn]. The molecule has 0 aliphatic carbocycles. The topological polar surface area (TPSA) is 9.23 Å². The Hall–Kier alpha value is 0.373. The Bertz CT molecular complexity index is 155. The maximum absolute atomic E-state index is 4.88. The molecule has 1 rings (SSSR count). The van der Waals surface area contributed by atoms with Gasteiger partial charge in [0.1, 0.15) is 0 Å². The molecule has 0 heterocycles. The molecule has 3 heteroatoms. The molecule has 0 aliphatic rings. The van der Waals surface area contributed by atoms with Gasteiger partial charge in [-0.3, -0.25) is 0 Å². The molecular formula is C7H8IOZn-. The Morgan fingerprint density at radius 3 is 2.50 bits per heavy atom. The number of hydrogen-bond acceptors (Lipinski definition) is 1. The van der Waals surface area contributed by atoms with Crippen LogP contribution < -0.4 is 4.74 Å². The number of methoxy groups -OCH3 is 1. The van der Waals surface area contributed by atoms with E-state index in [1.807, 2.05) is 18.2 Å². The number of benzene rings is 1. The van der Waals surface area contributed by atoms with Crippen molar-refractivity contribution in [1.29, 1.82) is 0 Å². The molecule has 1 aromatic rings. The van der Waals surface area contributed by atoms with E-state index in [-0.39, 0.29) is 43.5 Å². The summed E-state index contributed by atoms with van der Waals surface area (Å²) < 4.78 is 4.88. The third kappa shape index (κ3) is 4.23. The molecule has 1 nitrogen and oxygen atoms in total. The molecule has 52 valence electrons. The van der Waals surface area contributed by atoms with Gasteiger partial charge in [-0.25, -0.2) is 0 Å². The van der Waals surface area contributed by atoms with Gasteiger partial charge in [0.25, 0.3) is 0 Å². The zero-order valence-electron chi connectivity index (χ0n) is 5.83. The minimum atomic E-state index is 0. The van der Waals surface area contributed by atoms with Gasteiger partial charge in [0, 0.05) is 25.2 Å². The van der Waals surface area contributed by atoms with Crippen LogP contribution in [0.3, 0.4) is 0 Å². The van der Waals surface area contributed by atoms with E-state index in [1.165, 1.54) is 0 Å². The number of hydrogen-bond donors (Lipinski definition) is 0. The van der Waals surface area contributed by atoms with Crippen LogP contribution in [0, 0.1) is 6.07 Å². The Kier molecular flexibility index (Phi) is 9.72. The van der Waals surface area contributed by atoms with Crippen molar-refractivity contribution < 1.29 is 24.2 Å². The predicted molar refractivity (Wildman–Crippen MR) is 47.2 cm³/mol. The molecule has 1 aromatic carbocycles. The van der Waals surface area contributed by atoms with Crippen LogP contribution in [0.5, 0.6) is 5.75 Å². The first-order valence-electron chi connectivity index (χ1n) is 2.43. The largest absolute Gasteiger partial charge is 0.554 e. The van der Waals surface area contributed by atoms with Gasteiger partial charge >= 0.3 is 0 Å². The van der Waals surface area contributed by atoms with Gasteiger partial charge in [0.05, 0.1) is 7.11 Å². The number of rotatable bonds is 1. The van der Waals surface area contributed by atoms with Gasteiger partial charge in [-0.1, -0.05) is 0 Å². The summed E-state index contributed by atoms with van der Waals surface area (Å²) in [6.45, 7) is 0. The maximum atomic E-state index is 4.88. The van der Waals surface area contributed by atoms with Crippen LogP contribution in [0.15, 0.2) is 24.3 Å². The first-order chi connectivity index (χ1) is 3.93. The molecule has 0 radical (unpaired) electrons. The average molecular weight is 300 g/mol. The van der Waals surface area contributed by atoms with Gasteiger partial charge in [0.2, 0.25) is 0 Å². The summed E-state index contributed by atoms with van der Waals surface area (Å²) in [6, 6.07) is 10.3. The first kappa shape index (κ1) is 13.0. The van der Waals surface area contributed by atoms with E-state index in [0.717, 1.165) is 5.75 Å². The Morgan fingerprint density at radius 2 is 2.20 bits per heavy atom. The Balaban J connectivity index is 0. The van der Waals surface area contributed by atoms with Gasteiger partial charge in [-0.2, -0.15) is 18.2 Å². The number of ether oxygens (including phenoxy) is 1. The van der Waals surface area contributed by atoms with Crippen molar-refractivity contribution in [3.63, 3.8) is 0 Å². The van der Waals surface area contributed by atoms with Crippen molar-refractivity contribution in [2.45, 2.75) is 0 Å². The zero-order valence-corrected chi connectivity index (χ0v) is 11.1. The van der Waals surface area contributed by atoms with E-state index >= 15 is 0 Å². The molecule has 0 aliphatic heterocycles. The van der Waals surface area contributed by atoms with Crippen molar-refractivity contribution in [3.05, 3.63) is 30.3 Å². The smallest absolute Gasteiger partial charge is 0.0606 e. The van der Waals surface area contributed by atoms with Gasteiger partial charge in [0.15, 0.2) is 0 Å². The Labute approximate surface area is 90.9 Å². The molecule has 0 saturated heterocycles. The van der Waals surface area contributed by atoms with E-state index in [2.05, 4.69) is 6.07 Å². The fourth-order valence-electron chi connectivity index (χ4n) is 0.504. The van der Waals surface area contributed by atoms with Crippen molar-refractivity contribution in [2.75, 3.05) is 7.11 Å². The molecule has 0 fully saturated rings. The molecule has 0 saturated carbocycles. The monoisotopic (exact) mass is 299 g/mol. The van der Waals surface area contributed by atoms with Crippen molar-refractivity contribution in [2.24, 2.45) is 0 Å². The molecule has 0 bridgehead atoms. The summed E-state index contributed by atoms with van der Waals surface area (Å²) >= 11 is 0. The molecule has 0 unspecified atom stereocenters. The second-order valence-corrected chi connectivity index (χ2v) is 1.44. The molecule has 0 aromatic heterocycles. The van der Waals surface area contributed by atoms with Crippen molar-refractivity contribution in [1.82, 2.24) is 0 Å². The van der Waals surface area contributed by atoms with Crippen LogP contribution in [0.2, 0.25) is 0 Å². The second kappa shape index (κ2) is 7.48. The van der Waals surface area contributed by atoms with E-state index in [4.69, 9.17) is 4.74 Å². The third-order valence-electron chi connectivity index (χ3n) is 0.914. The summed E-state index contributed by atoms with van der Waals surface area (Å²) in [6.07, 6.45) is 0. The summed E-state index contributed by atoms with van der Waals surface area (Å²) in [5.74, 6) is 0.854. The van der Waals surface area contributed by atoms with E-state index < -0.39 is 0 Å². The van der Waals surface area contributed by atoms with Crippen LogP contribution in [-0.2, 0) is 19.5 Å². The summed E-state index contributed by atoms with van der Waals surface area (Å²) in [7, 11) is 1.64. The summed E-state index contributed by atoms with van der Waals surface area (Å²) in [5.41, 5.74) is 0.